The second-order valence-corrected chi connectivity index (χ2v) is 4.57. The van der Waals surface area contributed by atoms with E-state index in [4.69, 9.17) is 5.11 Å². The van der Waals surface area contributed by atoms with E-state index in [0.717, 1.165) is 4.90 Å². The number of hydrogen-bond acceptors (Lipinski definition) is 3. The van der Waals surface area contributed by atoms with Crippen molar-refractivity contribution in [3.63, 3.8) is 0 Å². The Hall–Kier alpha value is -2.05. The molecule has 0 saturated carbocycles. The molecule has 2 amide bonds. The van der Waals surface area contributed by atoms with Crippen molar-refractivity contribution in [2.75, 3.05) is 7.05 Å². The van der Waals surface area contributed by atoms with Crippen LogP contribution in [-0.2, 0) is 4.79 Å². The highest BCUT2D eigenvalue weighted by Gasteiger charge is 2.35. The zero-order chi connectivity index (χ0) is 13.9. The molecule has 1 unspecified atom stereocenters. The molecule has 0 saturated heterocycles. The molecule has 0 aromatic carbocycles. The van der Waals surface area contributed by atoms with Crippen molar-refractivity contribution in [2.45, 2.75) is 32.4 Å². The van der Waals surface area contributed by atoms with E-state index in [0.29, 0.717) is 5.82 Å². The second kappa shape index (κ2) is 5.07. The molecule has 0 aliphatic heterocycles. The van der Waals surface area contributed by atoms with Gasteiger partial charge in [-0.1, -0.05) is 0 Å². The summed E-state index contributed by atoms with van der Waals surface area (Å²) in [5, 5.41) is 11.7. The topological polar surface area (TPSA) is 98.3 Å². The van der Waals surface area contributed by atoms with Crippen LogP contribution in [-0.4, -0.2) is 44.6 Å². The van der Waals surface area contributed by atoms with Crippen LogP contribution in [0.3, 0.4) is 0 Å². The maximum Gasteiger partial charge on any atom is 0.329 e. The predicted octanol–water partition coefficient (Wildman–Crippen LogP) is 0.975. The Labute approximate surface area is 105 Å². The number of nitrogens with zero attached hydrogens (tertiary/aromatic N) is 2. The van der Waals surface area contributed by atoms with Gasteiger partial charge in [0, 0.05) is 19.4 Å². The number of H-pyrrole nitrogens is 1. The van der Waals surface area contributed by atoms with Gasteiger partial charge in [-0.25, -0.2) is 14.6 Å². The molecule has 1 aromatic rings. The molecule has 1 atom stereocenters. The number of aliphatic carboxylic acids is 1. The molecule has 0 fully saturated rings. The summed E-state index contributed by atoms with van der Waals surface area (Å²) >= 11 is 0. The maximum atomic E-state index is 11.9. The molecule has 0 spiro atoms. The fourth-order valence-electron chi connectivity index (χ4n) is 1.26. The van der Waals surface area contributed by atoms with Crippen LogP contribution in [0.1, 0.15) is 32.6 Å². The average Bonchev–Trinajstić information content (AvgIpc) is 2.80. The predicted molar refractivity (Wildman–Crippen MR) is 65.0 cm³/mol. The number of aromatic nitrogens is 2. The molecule has 0 aliphatic rings. The summed E-state index contributed by atoms with van der Waals surface area (Å²) in [6.45, 7) is 4.69. The van der Waals surface area contributed by atoms with Crippen LogP contribution in [0, 0.1) is 0 Å². The van der Waals surface area contributed by atoms with Crippen LogP contribution in [0.5, 0.6) is 0 Å². The number of rotatable bonds is 4. The van der Waals surface area contributed by atoms with E-state index in [2.05, 4.69) is 15.3 Å². The van der Waals surface area contributed by atoms with Crippen LogP contribution < -0.4 is 5.32 Å². The van der Waals surface area contributed by atoms with Gasteiger partial charge < -0.3 is 20.3 Å². The summed E-state index contributed by atoms with van der Waals surface area (Å²) in [7, 11) is 1.44. The van der Waals surface area contributed by atoms with Gasteiger partial charge in [-0.2, -0.15) is 0 Å². The fourth-order valence-corrected chi connectivity index (χ4v) is 1.26. The van der Waals surface area contributed by atoms with Crippen molar-refractivity contribution in [3.05, 3.63) is 18.2 Å². The van der Waals surface area contributed by atoms with Crippen LogP contribution >= 0.6 is 0 Å². The third-order valence-electron chi connectivity index (χ3n) is 2.94. The van der Waals surface area contributed by atoms with Crippen molar-refractivity contribution in [1.82, 2.24) is 20.2 Å². The molecule has 0 aliphatic carbocycles. The molecule has 100 valence electrons. The molecule has 1 rings (SSSR count). The normalized spacial score (nSPS) is 12.9. The Morgan fingerprint density at radius 1 is 1.56 bits per heavy atom. The van der Waals surface area contributed by atoms with Crippen molar-refractivity contribution in [3.8, 4) is 0 Å². The Bertz CT molecular complexity index is 428. The van der Waals surface area contributed by atoms with Gasteiger partial charge in [0.2, 0.25) is 0 Å². The lowest BCUT2D eigenvalue weighted by molar-refractivity contribution is -0.146. The van der Waals surface area contributed by atoms with Gasteiger partial charge in [0.15, 0.2) is 0 Å². The average molecular weight is 254 g/mol. The van der Waals surface area contributed by atoms with Crippen LogP contribution in [0.2, 0.25) is 0 Å². The monoisotopic (exact) mass is 254 g/mol. The number of carbonyl (C=O) groups is 2. The minimum Gasteiger partial charge on any atom is -0.480 e. The summed E-state index contributed by atoms with van der Waals surface area (Å²) in [6.07, 6.45) is 3.24. The van der Waals surface area contributed by atoms with Crippen LogP contribution in [0.4, 0.5) is 4.79 Å². The van der Waals surface area contributed by atoms with E-state index in [1.54, 1.807) is 19.3 Å². The van der Waals surface area contributed by atoms with Gasteiger partial charge in [0.25, 0.3) is 0 Å². The van der Waals surface area contributed by atoms with Crippen molar-refractivity contribution >= 4 is 12.0 Å². The fraction of sp³-hybridized carbons (Fsp3) is 0.545. The van der Waals surface area contributed by atoms with E-state index in [9.17, 15) is 9.59 Å². The summed E-state index contributed by atoms with van der Waals surface area (Å²) in [4.78, 5) is 31.0. The van der Waals surface area contributed by atoms with Crippen LogP contribution in [0.15, 0.2) is 12.4 Å². The number of carboxylic acid groups (broad SMARTS) is 1. The SMILES string of the molecule is CC(NC(=O)N(C)C(C)(C)C(=O)O)c1ncc[nH]1. The second-order valence-electron chi connectivity index (χ2n) is 4.57. The van der Waals surface area contributed by atoms with Gasteiger partial charge in [-0.3, -0.25) is 0 Å². The van der Waals surface area contributed by atoms with Crippen molar-refractivity contribution in [1.29, 1.82) is 0 Å². The molecule has 18 heavy (non-hydrogen) atoms. The number of likely N-dealkylation sites (N-methyl/N-ethyl adjacent to an activating group) is 1. The van der Waals surface area contributed by atoms with Crippen molar-refractivity contribution in [2.24, 2.45) is 0 Å². The first kappa shape index (κ1) is 14.0. The highest BCUT2D eigenvalue weighted by atomic mass is 16.4. The number of carbonyl (C=O) groups excluding carboxylic acids is 1. The Kier molecular flexibility index (Phi) is 3.95. The van der Waals surface area contributed by atoms with Gasteiger partial charge >= 0.3 is 12.0 Å². The van der Waals surface area contributed by atoms with E-state index in [1.165, 1.54) is 20.9 Å². The van der Waals surface area contributed by atoms with E-state index < -0.39 is 17.5 Å². The Balaban J connectivity index is 2.69. The third-order valence-corrected chi connectivity index (χ3v) is 2.94. The number of amides is 2. The molecule has 7 nitrogen and oxygen atoms in total. The Morgan fingerprint density at radius 2 is 2.17 bits per heavy atom. The number of nitrogens with one attached hydrogen (secondary N) is 2. The molecular weight excluding hydrogens is 236 g/mol. The van der Waals surface area contributed by atoms with Gasteiger partial charge in [0.05, 0.1) is 6.04 Å². The lowest BCUT2D eigenvalue weighted by Gasteiger charge is -2.32. The first-order chi connectivity index (χ1) is 8.26. The summed E-state index contributed by atoms with van der Waals surface area (Å²) in [5.74, 6) is -0.448. The summed E-state index contributed by atoms with van der Waals surface area (Å²) in [6, 6.07) is -0.786. The van der Waals surface area contributed by atoms with E-state index in [1.807, 2.05) is 0 Å². The summed E-state index contributed by atoms with van der Waals surface area (Å²) < 4.78 is 0. The van der Waals surface area contributed by atoms with Gasteiger partial charge in [0.1, 0.15) is 11.4 Å². The number of carboxylic acids is 1. The van der Waals surface area contributed by atoms with E-state index in [-0.39, 0.29) is 6.04 Å². The molecule has 1 heterocycles. The quantitative estimate of drug-likeness (QED) is 0.745. The number of aromatic amines is 1. The molecule has 3 N–H and O–H groups in total. The lowest BCUT2D eigenvalue weighted by Crippen LogP contribution is -2.54. The standard InChI is InChI=1S/C11H18N4O3/c1-7(8-12-5-6-13-8)14-10(18)15(4)11(2,3)9(16)17/h5-7H,1-4H3,(H,12,13)(H,14,18)(H,16,17). The number of imidazole rings is 1. The molecule has 0 bridgehead atoms. The number of hydrogen-bond donors (Lipinski definition) is 3. The van der Waals surface area contributed by atoms with Crippen LogP contribution in [0.25, 0.3) is 0 Å². The molecule has 7 heteroatoms. The molecule has 0 radical (unpaired) electrons. The zero-order valence-corrected chi connectivity index (χ0v) is 10.9. The lowest BCUT2D eigenvalue weighted by atomic mass is 10.0. The molecular formula is C11H18N4O3. The first-order valence-electron chi connectivity index (χ1n) is 5.53. The van der Waals surface area contributed by atoms with E-state index >= 15 is 0 Å². The Morgan fingerprint density at radius 3 is 2.61 bits per heavy atom. The highest BCUT2D eigenvalue weighted by Crippen LogP contribution is 2.14. The first-order valence-corrected chi connectivity index (χ1v) is 5.53. The minimum absolute atomic E-state index is 0.320. The molecule has 1 aromatic heterocycles. The number of urea groups is 1. The highest BCUT2D eigenvalue weighted by molar-refractivity contribution is 5.85. The smallest absolute Gasteiger partial charge is 0.329 e. The largest absolute Gasteiger partial charge is 0.480 e. The van der Waals surface area contributed by atoms with Gasteiger partial charge in [-0.15, -0.1) is 0 Å². The summed E-state index contributed by atoms with van der Waals surface area (Å²) in [5.41, 5.74) is -1.27. The minimum atomic E-state index is -1.27. The van der Waals surface area contributed by atoms with Crippen molar-refractivity contribution < 1.29 is 14.7 Å². The zero-order valence-electron chi connectivity index (χ0n) is 10.9. The third kappa shape index (κ3) is 2.79. The van der Waals surface area contributed by atoms with Gasteiger partial charge in [-0.05, 0) is 20.8 Å². The maximum absolute atomic E-state index is 11.9.